The number of aromatic nitrogens is 3. The van der Waals surface area contributed by atoms with Gasteiger partial charge in [-0.1, -0.05) is 40.9 Å². The van der Waals surface area contributed by atoms with Gasteiger partial charge < -0.3 is 9.47 Å². The molecule has 4 rings (SSSR count). The Balaban J connectivity index is 1.60. The van der Waals surface area contributed by atoms with E-state index in [0.717, 1.165) is 12.1 Å². The number of carbonyl (C=O) groups is 1. The fraction of sp³-hybridized carbons (Fsp3) is 0.0952. The number of hydrogen-bond acceptors (Lipinski definition) is 8. The lowest BCUT2D eigenvalue weighted by atomic mass is 10.2. The quantitative estimate of drug-likeness (QED) is 0.267. The molecule has 0 saturated carbocycles. The van der Waals surface area contributed by atoms with Gasteiger partial charge >= 0.3 is 0 Å². The highest BCUT2D eigenvalue weighted by Crippen LogP contribution is 2.38. The van der Waals surface area contributed by atoms with Crippen LogP contribution < -0.4 is 25.0 Å². The summed E-state index contributed by atoms with van der Waals surface area (Å²) < 4.78 is 40.6. The van der Waals surface area contributed by atoms with Gasteiger partial charge in [0.2, 0.25) is 0 Å². The Morgan fingerprint density at radius 3 is 2.42 bits per heavy atom. The molecule has 0 aliphatic heterocycles. The van der Waals surface area contributed by atoms with Crippen LogP contribution in [-0.4, -0.2) is 43.1 Å². The average molecular weight is 572 g/mol. The summed E-state index contributed by atoms with van der Waals surface area (Å²) in [5.74, 6) is -0.214. The summed E-state index contributed by atoms with van der Waals surface area (Å²) in [6, 6.07) is 10.2. The molecule has 2 aromatic carbocycles. The van der Waals surface area contributed by atoms with Crippen molar-refractivity contribution in [1.29, 1.82) is 0 Å². The summed E-state index contributed by atoms with van der Waals surface area (Å²) in [5, 5.41) is 4.00. The Bertz CT molecular complexity index is 1550. The number of sulfonamides is 1. The number of nitrogens with one attached hydrogen (secondary N) is 3. The second kappa shape index (κ2) is 10.3. The first kappa shape index (κ1) is 25.6. The maximum Gasteiger partial charge on any atom is 0.271 e. The van der Waals surface area contributed by atoms with Gasteiger partial charge in [0, 0.05) is 12.3 Å². The van der Waals surface area contributed by atoms with Crippen LogP contribution in [0.4, 0.5) is 11.6 Å². The Hall–Kier alpha value is -3.45. The summed E-state index contributed by atoms with van der Waals surface area (Å²) in [7, 11) is -1.56. The number of hydrogen-bond donors (Lipinski definition) is 3. The minimum atomic E-state index is -4.32. The minimum absolute atomic E-state index is 0.0277. The first-order chi connectivity index (χ1) is 17.1. The van der Waals surface area contributed by atoms with Gasteiger partial charge in [-0.3, -0.25) is 20.4 Å². The van der Waals surface area contributed by atoms with Crippen molar-refractivity contribution in [1.82, 2.24) is 20.0 Å². The molecule has 11 nitrogen and oxygen atoms in total. The molecule has 2 heterocycles. The SMILES string of the molecule is COc1cc(OC)c(NS(=O)(=O)c2cc(C(=O)NNc3nc4ccccn4n3)c(Cl)cc2Cl)cc1Cl. The van der Waals surface area contributed by atoms with Crippen molar-refractivity contribution in [2.45, 2.75) is 4.90 Å². The van der Waals surface area contributed by atoms with Gasteiger partial charge in [-0.2, -0.15) is 4.98 Å². The van der Waals surface area contributed by atoms with Crippen molar-refractivity contribution in [3.8, 4) is 11.5 Å². The van der Waals surface area contributed by atoms with Crippen molar-refractivity contribution in [3.63, 3.8) is 0 Å². The van der Waals surface area contributed by atoms with Crippen LogP contribution in [0.25, 0.3) is 5.65 Å². The molecule has 0 radical (unpaired) electrons. The minimum Gasteiger partial charge on any atom is -0.495 e. The summed E-state index contributed by atoms with van der Waals surface area (Å²) in [6.45, 7) is 0. The first-order valence-corrected chi connectivity index (χ1v) is 12.6. The van der Waals surface area contributed by atoms with Crippen molar-refractivity contribution in [3.05, 3.63) is 69.3 Å². The number of ether oxygens (including phenoxy) is 2. The highest BCUT2D eigenvalue weighted by Gasteiger charge is 2.25. The highest BCUT2D eigenvalue weighted by atomic mass is 35.5. The van der Waals surface area contributed by atoms with Crippen LogP contribution in [0, 0.1) is 0 Å². The Morgan fingerprint density at radius 2 is 1.72 bits per heavy atom. The van der Waals surface area contributed by atoms with Crippen molar-refractivity contribution >= 4 is 68.0 Å². The van der Waals surface area contributed by atoms with E-state index >= 15 is 0 Å². The van der Waals surface area contributed by atoms with E-state index in [4.69, 9.17) is 44.3 Å². The molecule has 0 bridgehead atoms. The van der Waals surface area contributed by atoms with Crippen LogP contribution in [0.15, 0.2) is 53.6 Å². The van der Waals surface area contributed by atoms with Crippen molar-refractivity contribution < 1.29 is 22.7 Å². The number of carbonyl (C=O) groups excluding carboxylic acids is 1. The lowest BCUT2D eigenvalue weighted by Crippen LogP contribution is -2.30. The number of hydrazine groups is 1. The number of methoxy groups -OCH3 is 2. The molecule has 0 spiro atoms. The van der Waals surface area contributed by atoms with E-state index in [-0.39, 0.29) is 43.8 Å². The molecule has 188 valence electrons. The molecule has 0 aliphatic rings. The van der Waals surface area contributed by atoms with Gasteiger partial charge in [0.05, 0.1) is 40.5 Å². The molecule has 4 aromatic rings. The number of rotatable bonds is 8. The topological polar surface area (TPSA) is 136 Å². The number of amides is 1. The fourth-order valence-electron chi connectivity index (χ4n) is 3.11. The van der Waals surface area contributed by atoms with E-state index in [1.54, 1.807) is 24.4 Å². The Labute approximate surface area is 220 Å². The van der Waals surface area contributed by atoms with E-state index in [9.17, 15) is 13.2 Å². The van der Waals surface area contributed by atoms with Crippen LogP contribution in [0.2, 0.25) is 15.1 Å². The first-order valence-electron chi connectivity index (χ1n) is 9.94. The van der Waals surface area contributed by atoms with Crippen LogP contribution in [0.1, 0.15) is 10.4 Å². The lowest BCUT2D eigenvalue weighted by molar-refractivity contribution is 0.0962. The summed E-state index contributed by atoms with van der Waals surface area (Å²) in [4.78, 5) is 16.6. The third kappa shape index (κ3) is 5.21. The van der Waals surface area contributed by atoms with Gasteiger partial charge in [-0.25, -0.2) is 12.9 Å². The van der Waals surface area contributed by atoms with E-state index in [1.165, 1.54) is 30.9 Å². The maximum atomic E-state index is 13.2. The molecule has 0 atom stereocenters. The van der Waals surface area contributed by atoms with Crippen LogP contribution in [-0.2, 0) is 10.0 Å². The fourth-order valence-corrected chi connectivity index (χ4v) is 5.28. The average Bonchev–Trinajstić information content (AvgIpc) is 3.25. The smallest absolute Gasteiger partial charge is 0.271 e. The standard InChI is InChI=1S/C21H17Cl3N6O5S/c1-34-16-10-17(35-2)15(9-13(16)23)29-36(32,33)18-7-11(12(22)8-14(18)24)20(31)26-27-21-25-19-5-3-4-6-30(19)28-21/h3-10,29H,1-2H3,(H,26,31)(H,27,28). The maximum absolute atomic E-state index is 13.2. The van der Waals surface area contributed by atoms with Crippen LogP contribution in [0.3, 0.4) is 0 Å². The highest BCUT2D eigenvalue weighted by molar-refractivity contribution is 7.92. The van der Waals surface area contributed by atoms with Crippen LogP contribution in [0.5, 0.6) is 11.5 Å². The third-order valence-electron chi connectivity index (χ3n) is 4.80. The number of halogens is 3. The molecular formula is C21H17Cl3N6O5S. The zero-order chi connectivity index (χ0) is 26.0. The number of nitrogens with zero attached hydrogens (tertiary/aromatic N) is 3. The number of benzene rings is 2. The van der Waals surface area contributed by atoms with Crippen molar-refractivity contribution in [2.75, 3.05) is 24.4 Å². The predicted molar refractivity (Wildman–Crippen MR) is 136 cm³/mol. The normalized spacial score (nSPS) is 11.2. The molecule has 3 N–H and O–H groups in total. The molecule has 15 heteroatoms. The van der Waals surface area contributed by atoms with E-state index in [1.807, 2.05) is 0 Å². The molecule has 0 saturated heterocycles. The number of pyridine rings is 1. The van der Waals surface area contributed by atoms with E-state index in [0.29, 0.717) is 5.65 Å². The predicted octanol–water partition coefficient (Wildman–Crippen LogP) is 4.26. The number of anilines is 2. The van der Waals surface area contributed by atoms with E-state index in [2.05, 4.69) is 25.7 Å². The van der Waals surface area contributed by atoms with Gasteiger partial charge in [0.15, 0.2) is 5.65 Å². The molecule has 0 aliphatic carbocycles. The monoisotopic (exact) mass is 570 g/mol. The zero-order valence-corrected chi connectivity index (χ0v) is 21.6. The molecule has 2 aromatic heterocycles. The Kier molecular flexibility index (Phi) is 7.31. The van der Waals surface area contributed by atoms with Gasteiger partial charge in [0.25, 0.3) is 21.9 Å². The zero-order valence-electron chi connectivity index (χ0n) is 18.5. The van der Waals surface area contributed by atoms with E-state index < -0.39 is 20.8 Å². The van der Waals surface area contributed by atoms with Gasteiger partial charge in [0.1, 0.15) is 16.4 Å². The molecule has 0 unspecified atom stereocenters. The Morgan fingerprint density at radius 1 is 0.972 bits per heavy atom. The second-order valence-electron chi connectivity index (χ2n) is 7.07. The largest absolute Gasteiger partial charge is 0.495 e. The van der Waals surface area contributed by atoms with Gasteiger partial charge in [-0.15, -0.1) is 5.10 Å². The molecule has 1 amide bonds. The summed E-state index contributed by atoms with van der Waals surface area (Å²) >= 11 is 18.5. The lowest BCUT2D eigenvalue weighted by Gasteiger charge is -2.16. The molecular weight excluding hydrogens is 555 g/mol. The summed E-state index contributed by atoms with van der Waals surface area (Å²) in [6.07, 6.45) is 1.68. The second-order valence-corrected chi connectivity index (χ2v) is 9.95. The van der Waals surface area contributed by atoms with Gasteiger partial charge in [-0.05, 0) is 30.3 Å². The van der Waals surface area contributed by atoms with Crippen molar-refractivity contribution in [2.24, 2.45) is 0 Å². The third-order valence-corrected chi connectivity index (χ3v) is 7.24. The van der Waals surface area contributed by atoms with Crippen LogP contribution >= 0.6 is 34.8 Å². The molecule has 36 heavy (non-hydrogen) atoms. The molecule has 0 fully saturated rings. The number of fused-ring (bicyclic) bond motifs is 1. The summed E-state index contributed by atoms with van der Waals surface area (Å²) in [5.41, 5.74) is 5.35.